The van der Waals surface area contributed by atoms with Crippen molar-refractivity contribution in [1.82, 2.24) is 5.32 Å². The predicted octanol–water partition coefficient (Wildman–Crippen LogP) is 3.56. The van der Waals surface area contributed by atoms with Gasteiger partial charge in [0.2, 0.25) is 5.91 Å². The first kappa shape index (κ1) is 23.7. The lowest BCUT2D eigenvalue weighted by Crippen LogP contribution is -2.38. The molecule has 4 N–H and O–H groups in total. The molecular formula is C22H25Cl2N5O3. The Balaban J connectivity index is 1.64. The Morgan fingerprint density at radius 2 is 1.88 bits per heavy atom. The van der Waals surface area contributed by atoms with Crippen molar-refractivity contribution >= 4 is 52.4 Å². The maximum Gasteiger partial charge on any atom is 0.271 e. The molecule has 3 rings (SSSR count). The molecule has 2 aromatic carbocycles. The largest absolute Gasteiger partial charge is 0.497 e. The molecule has 1 aliphatic heterocycles. The average molecular weight is 478 g/mol. The van der Waals surface area contributed by atoms with Crippen LogP contribution in [0, 0.1) is 0 Å². The standard InChI is InChI=1S/C22H25Cl2N5O3/c1-13(30)27-20-17(23)10-14(11-18(20)24)12-26-22(25)28-21(31)19-4-3-9-29(19)15-5-7-16(32-2)8-6-15/h5-8,10-11,19H,3-4,9,12H2,1-2H3,(H,27,30)(H3,25,26,28,31). The summed E-state index contributed by atoms with van der Waals surface area (Å²) in [4.78, 5) is 30.1. The Labute approximate surface area is 196 Å². The Kier molecular flexibility index (Phi) is 7.82. The van der Waals surface area contributed by atoms with Crippen molar-refractivity contribution in [2.24, 2.45) is 10.7 Å². The van der Waals surface area contributed by atoms with Gasteiger partial charge in [0, 0.05) is 25.7 Å². The van der Waals surface area contributed by atoms with Gasteiger partial charge in [-0.15, -0.1) is 0 Å². The van der Waals surface area contributed by atoms with E-state index in [0.29, 0.717) is 22.2 Å². The van der Waals surface area contributed by atoms with Crippen LogP contribution in [0.25, 0.3) is 0 Å². The molecule has 170 valence electrons. The van der Waals surface area contributed by atoms with Gasteiger partial charge in [-0.3, -0.25) is 9.59 Å². The molecule has 1 atom stereocenters. The monoisotopic (exact) mass is 477 g/mol. The van der Waals surface area contributed by atoms with Gasteiger partial charge >= 0.3 is 0 Å². The summed E-state index contributed by atoms with van der Waals surface area (Å²) < 4.78 is 5.19. The summed E-state index contributed by atoms with van der Waals surface area (Å²) in [6.07, 6.45) is 1.60. The lowest BCUT2D eigenvalue weighted by molar-refractivity contribution is -0.119. The Bertz CT molecular complexity index is 1000. The minimum Gasteiger partial charge on any atom is -0.497 e. The average Bonchev–Trinajstić information content (AvgIpc) is 3.25. The van der Waals surface area contributed by atoms with E-state index in [0.717, 1.165) is 30.0 Å². The van der Waals surface area contributed by atoms with Crippen LogP contribution in [-0.2, 0) is 16.1 Å². The van der Waals surface area contributed by atoms with Crippen molar-refractivity contribution < 1.29 is 14.3 Å². The van der Waals surface area contributed by atoms with Crippen molar-refractivity contribution in [3.05, 3.63) is 52.0 Å². The topological polar surface area (TPSA) is 109 Å². The number of rotatable bonds is 6. The molecule has 0 radical (unpaired) electrons. The smallest absolute Gasteiger partial charge is 0.271 e. The van der Waals surface area contributed by atoms with Gasteiger partial charge in [-0.1, -0.05) is 23.2 Å². The van der Waals surface area contributed by atoms with Crippen molar-refractivity contribution in [2.45, 2.75) is 32.4 Å². The summed E-state index contributed by atoms with van der Waals surface area (Å²) in [5, 5.41) is 6.10. The van der Waals surface area contributed by atoms with Crippen LogP contribution in [0.3, 0.4) is 0 Å². The number of hydrogen-bond donors (Lipinski definition) is 3. The number of carbonyl (C=O) groups is 2. The number of carbonyl (C=O) groups excluding carboxylic acids is 2. The van der Waals surface area contributed by atoms with Gasteiger partial charge in [0.25, 0.3) is 5.91 Å². The molecule has 1 aliphatic rings. The van der Waals surface area contributed by atoms with Crippen LogP contribution in [0.15, 0.2) is 41.4 Å². The summed E-state index contributed by atoms with van der Waals surface area (Å²) in [6, 6.07) is 10.5. The second kappa shape index (κ2) is 10.6. The second-order valence-corrected chi connectivity index (χ2v) is 8.17. The Morgan fingerprint density at radius 1 is 1.22 bits per heavy atom. The minimum absolute atomic E-state index is 0.00904. The molecule has 8 nitrogen and oxygen atoms in total. The molecule has 0 spiro atoms. The van der Waals surface area contributed by atoms with Crippen LogP contribution >= 0.6 is 23.2 Å². The van der Waals surface area contributed by atoms with Crippen molar-refractivity contribution in [3.63, 3.8) is 0 Å². The van der Waals surface area contributed by atoms with Gasteiger partial charge in [0.15, 0.2) is 5.96 Å². The summed E-state index contributed by atoms with van der Waals surface area (Å²) in [5.74, 6) is 0.188. The molecular weight excluding hydrogens is 453 g/mol. The molecule has 0 aromatic heterocycles. The van der Waals surface area contributed by atoms with E-state index in [1.54, 1.807) is 19.2 Å². The number of halogens is 2. The van der Waals surface area contributed by atoms with E-state index < -0.39 is 0 Å². The van der Waals surface area contributed by atoms with Crippen molar-refractivity contribution in [2.75, 3.05) is 23.9 Å². The normalized spacial score (nSPS) is 16.1. The number of nitrogens with one attached hydrogen (secondary N) is 2. The van der Waals surface area contributed by atoms with Gasteiger partial charge in [-0.25, -0.2) is 0 Å². The van der Waals surface area contributed by atoms with E-state index in [-0.39, 0.29) is 30.4 Å². The van der Waals surface area contributed by atoms with Crippen molar-refractivity contribution in [1.29, 1.82) is 0 Å². The lowest BCUT2D eigenvalue weighted by atomic mass is 10.2. The van der Waals surface area contributed by atoms with E-state index in [9.17, 15) is 9.59 Å². The fourth-order valence-electron chi connectivity index (χ4n) is 3.55. The molecule has 1 fully saturated rings. The highest BCUT2D eigenvalue weighted by Crippen LogP contribution is 2.32. The maximum atomic E-state index is 12.8. The van der Waals surface area contributed by atoms with Gasteiger partial charge in [-0.05, 0) is 54.8 Å². The van der Waals surface area contributed by atoms with E-state index >= 15 is 0 Å². The first-order valence-corrected chi connectivity index (χ1v) is 10.8. The fraction of sp³-hybridized carbons (Fsp3) is 0.318. The third kappa shape index (κ3) is 5.83. The molecule has 1 saturated heterocycles. The number of guanidine groups is 1. The number of benzene rings is 2. The van der Waals surface area contributed by atoms with E-state index in [4.69, 9.17) is 33.7 Å². The quantitative estimate of drug-likeness (QED) is 0.433. The summed E-state index contributed by atoms with van der Waals surface area (Å²) in [6.45, 7) is 2.40. The van der Waals surface area contributed by atoms with Gasteiger partial charge in [0.1, 0.15) is 11.8 Å². The fourth-order valence-corrected chi connectivity index (χ4v) is 4.18. The highest BCUT2D eigenvalue weighted by molar-refractivity contribution is 6.39. The number of nitrogens with zero attached hydrogens (tertiary/aromatic N) is 2. The maximum absolute atomic E-state index is 12.8. The van der Waals surface area contributed by atoms with Crippen LogP contribution in [0.5, 0.6) is 5.75 Å². The molecule has 2 aromatic rings. The first-order chi connectivity index (χ1) is 15.3. The molecule has 32 heavy (non-hydrogen) atoms. The molecule has 0 aliphatic carbocycles. The molecule has 2 amide bonds. The molecule has 1 heterocycles. The van der Waals surface area contributed by atoms with Crippen LogP contribution < -0.4 is 26.0 Å². The number of amides is 2. The number of aliphatic imine (C=N–C) groups is 1. The number of ether oxygens (including phenoxy) is 1. The molecule has 10 heteroatoms. The minimum atomic E-state index is -0.371. The summed E-state index contributed by atoms with van der Waals surface area (Å²) in [5.41, 5.74) is 7.95. The highest BCUT2D eigenvalue weighted by Gasteiger charge is 2.31. The van der Waals surface area contributed by atoms with Gasteiger partial charge < -0.3 is 26.0 Å². The number of nitrogens with two attached hydrogens (primary N) is 1. The second-order valence-electron chi connectivity index (χ2n) is 7.35. The molecule has 0 bridgehead atoms. The SMILES string of the molecule is COc1ccc(N2CCCC2C(=O)N=C(N)NCc2cc(Cl)c(NC(C)=O)c(Cl)c2)cc1. The van der Waals surface area contributed by atoms with Crippen LogP contribution in [0.2, 0.25) is 10.0 Å². The number of methoxy groups -OCH3 is 1. The zero-order chi connectivity index (χ0) is 23.3. The summed E-state index contributed by atoms with van der Waals surface area (Å²) in [7, 11) is 1.61. The highest BCUT2D eigenvalue weighted by atomic mass is 35.5. The zero-order valence-corrected chi connectivity index (χ0v) is 19.3. The number of hydrogen-bond acceptors (Lipinski definition) is 4. The number of anilines is 2. The van der Waals surface area contributed by atoms with Gasteiger partial charge in [0.05, 0.1) is 22.8 Å². The summed E-state index contributed by atoms with van der Waals surface area (Å²) >= 11 is 12.4. The zero-order valence-electron chi connectivity index (χ0n) is 17.8. The lowest BCUT2D eigenvalue weighted by Gasteiger charge is -2.24. The third-order valence-electron chi connectivity index (χ3n) is 5.05. The Hall–Kier alpha value is -2.97. The first-order valence-electron chi connectivity index (χ1n) is 10.1. The molecule has 0 saturated carbocycles. The van der Waals surface area contributed by atoms with E-state index in [1.165, 1.54) is 6.92 Å². The van der Waals surface area contributed by atoms with E-state index in [2.05, 4.69) is 15.6 Å². The van der Waals surface area contributed by atoms with Crippen LogP contribution in [-0.4, -0.2) is 37.5 Å². The third-order valence-corrected chi connectivity index (χ3v) is 5.65. The molecule has 1 unspecified atom stereocenters. The van der Waals surface area contributed by atoms with E-state index in [1.807, 2.05) is 29.2 Å². The van der Waals surface area contributed by atoms with Gasteiger partial charge in [-0.2, -0.15) is 4.99 Å². The van der Waals surface area contributed by atoms with Crippen molar-refractivity contribution in [3.8, 4) is 5.75 Å². The van der Waals surface area contributed by atoms with Crippen LogP contribution in [0.1, 0.15) is 25.3 Å². The predicted molar refractivity (Wildman–Crippen MR) is 128 cm³/mol. The Morgan fingerprint density at radius 3 is 2.47 bits per heavy atom. The van der Waals surface area contributed by atoms with Crippen LogP contribution in [0.4, 0.5) is 11.4 Å².